The molecule has 160 valence electrons. The number of halogens is 1. The smallest absolute Gasteiger partial charge is 0.234 e. The lowest BCUT2D eigenvalue weighted by Crippen LogP contribution is -2.18. The van der Waals surface area contributed by atoms with E-state index in [9.17, 15) is 4.79 Å². The summed E-state index contributed by atoms with van der Waals surface area (Å²) in [7, 11) is 1.54. The van der Waals surface area contributed by atoms with Gasteiger partial charge in [0.2, 0.25) is 5.91 Å². The summed E-state index contributed by atoms with van der Waals surface area (Å²) in [4.78, 5) is 13.4. The Kier molecular flexibility index (Phi) is 8.17. The minimum absolute atomic E-state index is 0.125. The van der Waals surface area contributed by atoms with Crippen LogP contribution in [0.2, 0.25) is 5.02 Å². The number of rotatable bonds is 7. The van der Waals surface area contributed by atoms with Gasteiger partial charge in [-0.3, -0.25) is 4.79 Å². The maximum absolute atomic E-state index is 12.4. The van der Waals surface area contributed by atoms with Crippen molar-refractivity contribution in [3.05, 3.63) is 77.3 Å². The zero-order valence-corrected chi connectivity index (χ0v) is 19.5. The molecule has 8 heteroatoms. The van der Waals surface area contributed by atoms with Gasteiger partial charge >= 0.3 is 0 Å². The van der Waals surface area contributed by atoms with Gasteiger partial charge in [0.1, 0.15) is 5.75 Å². The molecule has 3 rings (SSSR count). The van der Waals surface area contributed by atoms with E-state index in [0.717, 1.165) is 21.8 Å². The molecule has 0 saturated heterocycles. The first-order chi connectivity index (χ1) is 14.9. The van der Waals surface area contributed by atoms with Crippen molar-refractivity contribution in [2.45, 2.75) is 11.8 Å². The summed E-state index contributed by atoms with van der Waals surface area (Å²) >= 11 is 12.9. The average molecular weight is 472 g/mol. The Balaban J connectivity index is 1.50. The predicted octanol–water partition coefficient (Wildman–Crippen LogP) is 6.20. The molecule has 0 spiro atoms. The second-order valence-corrected chi connectivity index (χ2v) is 8.47. The zero-order chi connectivity index (χ0) is 22.2. The molecule has 0 bridgehead atoms. The van der Waals surface area contributed by atoms with E-state index in [0.29, 0.717) is 21.6 Å². The summed E-state index contributed by atoms with van der Waals surface area (Å²) < 4.78 is 5.30. The highest BCUT2D eigenvalue weighted by Crippen LogP contribution is 2.31. The van der Waals surface area contributed by atoms with Crippen LogP contribution in [-0.2, 0) is 4.79 Å². The highest BCUT2D eigenvalue weighted by Gasteiger charge is 2.11. The Bertz CT molecular complexity index is 1060. The Morgan fingerprint density at radius 1 is 1.00 bits per heavy atom. The maximum Gasteiger partial charge on any atom is 0.234 e. The molecule has 3 aromatic rings. The van der Waals surface area contributed by atoms with Gasteiger partial charge < -0.3 is 20.7 Å². The van der Waals surface area contributed by atoms with Crippen molar-refractivity contribution in [2.24, 2.45) is 0 Å². The number of benzene rings is 3. The number of para-hydroxylation sites is 1. The fourth-order valence-corrected chi connectivity index (χ4v) is 3.80. The number of hydrogen-bond acceptors (Lipinski definition) is 4. The number of hydrogen-bond donors (Lipinski definition) is 3. The molecule has 0 atom stereocenters. The fraction of sp³-hybridized carbons (Fsp3) is 0.130. The third-order valence-electron chi connectivity index (χ3n) is 4.27. The number of methoxy groups -OCH3 is 1. The van der Waals surface area contributed by atoms with Crippen molar-refractivity contribution in [1.29, 1.82) is 0 Å². The van der Waals surface area contributed by atoms with Gasteiger partial charge in [-0.25, -0.2) is 0 Å². The van der Waals surface area contributed by atoms with Gasteiger partial charge in [-0.2, -0.15) is 0 Å². The Morgan fingerprint density at radius 3 is 2.29 bits per heavy atom. The summed E-state index contributed by atoms with van der Waals surface area (Å²) in [5, 5.41) is 10.3. The van der Waals surface area contributed by atoms with E-state index < -0.39 is 0 Å². The summed E-state index contributed by atoms with van der Waals surface area (Å²) in [6, 6.07) is 20.9. The molecule has 0 aliphatic rings. The second kappa shape index (κ2) is 11.0. The third kappa shape index (κ3) is 6.89. The van der Waals surface area contributed by atoms with Crippen molar-refractivity contribution in [3.63, 3.8) is 0 Å². The van der Waals surface area contributed by atoms with Crippen LogP contribution in [0.5, 0.6) is 5.75 Å². The van der Waals surface area contributed by atoms with Crippen LogP contribution in [-0.4, -0.2) is 23.9 Å². The normalized spacial score (nSPS) is 10.3. The number of nitrogens with one attached hydrogen (secondary N) is 3. The molecule has 5 nitrogen and oxygen atoms in total. The van der Waals surface area contributed by atoms with E-state index in [1.54, 1.807) is 19.2 Å². The van der Waals surface area contributed by atoms with Crippen molar-refractivity contribution in [3.8, 4) is 5.75 Å². The molecule has 0 saturated carbocycles. The number of carbonyl (C=O) groups excluding carboxylic acids is 1. The number of thioether (sulfide) groups is 1. The molecule has 3 N–H and O–H groups in total. The first kappa shape index (κ1) is 22.9. The standard InChI is InChI=1S/C23H22ClN3O2S2/c1-15-12-20(21(29-2)13-19(15)24)27-22(28)14-31-18-10-8-17(9-11-18)26-23(30)25-16-6-4-3-5-7-16/h3-13H,14H2,1-2H3,(H,27,28)(H2,25,26,30). The molecule has 0 unspecified atom stereocenters. The van der Waals surface area contributed by atoms with Gasteiger partial charge in [-0.05, 0) is 67.2 Å². The van der Waals surface area contributed by atoms with E-state index in [1.807, 2.05) is 61.5 Å². The van der Waals surface area contributed by atoms with E-state index in [1.165, 1.54) is 11.8 Å². The van der Waals surface area contributed by atoms with Crippen LogP contribution >= 0.6 is 35.6 Å². The van der Waals surface area contributed by atoms with E-state index >= 15 is 0 Å². The highest BCUT2D eigenvalue weighted by atomic mass is 35.5. The first-order valence-corrected chi connectivity index (χ1v) is 11.2. The number of anilines is 3. The quantitative estimate of drug-likeness (QED) is 0.282. The highest BCUT2D eigenvalue weighted by molar-refractivity contribution is 8.00. The SMILES string of the molecule is COc1cc(Cl)c(C)cc1NC(=O)CSc1ccc(NC(=S)Nc2ccccc2)cc1. The van der Waals surface area contributed by atoms with Crippen LogP contribution < -0.4 is 20.7 Å². The van der Waals surface area contributed by atoms with Crippen LogP contribution in [0, 0.1) is 6.92 Å². The van der Waals surface area contributed by atoms with Crippen LogP contribution in [0.3, 0.4) is 0 Å². The van der Waals surface area contributed by atoms with Gasteiger partial charge in [0, 0.05) is 27.4 Å². The van der Waals surface area contributed by atoms with Crippen molar-refractivity contribution in [2.75, 3.05) is 28.8 Å². The minimum Gasteiger partial charge on any atom is -0.495 e. The number of carbonyl (C=O) groups is 1. The number of ether oxygens (including phenoxy) is 1. The van der Waals surface area contributed by atoms with Gasteiger partial charge in [0.25, 0.3) is 0 Å². The molecule has 0 aliphatic carbocycles. The molecular formula is C23H22ClN3O2S2. The van der Waals surface area contributed by atoms with Gasteiger partial charge in [0.05, 0.1) is 18.6 Å². The molecular weight excluding hydrogens is 450 g/mol. The molecule has 31 heavy (non-hydrogen) atoms. The Labute approximate surface area is 196 Å². The van der Waals surface area contributed by atoms with Gasteiger partial charge in [-0.1, -0.05) is 29.8 Å². The van der Waals surface area contributed by atoms with Gasteiger partial charge in [-0.15, -0.1) is 11.8 Å². The van der Waals surface area contributed by atoms with Crippen LogP contribution in [0.25, 0.3) is 0 Å². The van der Waals surface area contributed by atoms with Crippen molar-refractivity contribution >= 4 is 63.7 Å². The van der Waals surface area contributed by atoms with Crippen molar-refractivity contribution in [1.82, 2.24) is 0 Å². The molecule has 0 fully saturated rings. The lowest BCUT2D eigenvalue weighted by atomic mass is 10.2. The predicted molar refractivity (Wildman–Crippen MR) is 135 cm³/mol. The molecule has 0 heterocycles. The number of aryl methyl sites for hydroxylation is 1. The Hall–Kier alpha value is -2.74. The van der Waals surface area contributed by atoms with Crippen molar-refractivity contribution < 1.29 is 9.53 Å². The third-order valence-corrected chi connectivity index (χ3v) is 5.89. The summed E-state index contributed by atoms with van der Waals surface area (Å²) in [6.45, 7) is 1.88. The number of thiocarbonyl (C=S) groups is 1. The monoisotopic (exact) mass is 471 g/mol. The largest absolute Gasteiger partial charge is 0.495 e. The van der Waals surface area contributed by atoms with Crippen LogP contribution in [0.1, 0.15) is 5.56 Å². The molecule has 1 amide bonds. The average Bonchev–Trinajstić information content (AvgIpc) is 2.76. The second-order valence-electron chi connectivity index (χ2n) is 6.61. The number of amides is 1. The molecule has 3 aromatic carbocycles. The lowest BCUT2D eigenvalue weighted by molar-refractivity contribution is -0.113. The molecule has 0 aromatic heterocycles. The fourth-order valence-electron chi connectivity index (χ4n) is 2.71. The Morgan fingerprint density at radius 2 is 1.65 bits per heavy atom. The molecule has 0 radical (unpaired) electrons. The topological polar surface area (TPSA) is 62.4 Å². The van der Waals surface area contributed by atoms with E-state index in [-0.39, 0.29) is 11.7 Å². The summed E-state index contributed by atoms with van der Waals surface area (Å²) in [5.41, 5.74) is 3.26. The van der Waals surface area contributed by atoms with Crippen LogP contribution in [0.4, 0.5) is 17.1 Å². The van der Waals surface area contributed by atoms with E-state index in [2.05, 4.69) is 16.0 Å². The minimum atomic E-state index is -0.125. The summed E-state index contributed by atoms with van der Waals surface area (Å²) in [5.74, 6) is 0.677. The molecule has 0 aliphatic heterocycles. The lowest BCUT2D eigenvalue weighted by Gasteiger charge is -2.12. The van der Waals surface area contributed by atoms with E-state index in [4.69, 9.17) is 28.6 Å². The first-order valence-electron chi connectivity index (χ1n) is 9.44. The van der Waals surface area contributed by atoms with Crippen LogP contribution in [0.15, 0.2) is 71.6 Å². The summed E-state index contributed by atoms with van der Waals surface area (Å²) in [6.07, 6.45) is 0. The maximum atomic E-state index is 12.4. The zero-order valence-electron chi connectivity index (χ0n) is 17.1. The van der Waals surface area contributed by atoms with Gasteiger partial charge in [0.15, 0.2) is 5.11 Å².